The van der Waals surface area contributed by atoms with Crippen LogP contribution in [0.15, 0.2) is 42.7 Å². The Hall–Kier alpha value is -1.90. The number of H-pyrrole nitrogens is 1. The molecule has 0 aliphatic heterocycles. The fourth-order valence-electron chi connectivity index (χ4n) is 1.04. The number of rotatable bonds is 2. The summed E-state index contributed by atoms with van der Waals surface area (Å²) in [6, 6.07) is 9.14. The van der Waals surface area contributed by atoms with Crippen LogP contribution in [0.2, 0.25) is 0 Å². The quantitative estimate of drug-likeness (QED) is 0.687. The van der Waals surface area contributed by atoms with E-state index in [9.17, 15) is 0 Å². The molecule has 2 rings (SSSR count). The molecular weight excluding hydrogens is 164 g/mol. The Labute approximate surface area is 76.2 Å². The van der Waals surface area contributed by atoms with Crippen molar-refractivity contribution in [3.63, 3.8) is 0 Å². The van der Waals surface area contributed by atoms with E-state index in [1.807, 2.05) is 36.5 Å². The monoisotopic (exact) mass is 174 g/mol. The Balaban J connectivity index is 2.15. The molecule has 0 spiro atoms. The molecule has 0 fully saturated rings. The number of nitrogens with one attached hydrogen (secondary N) is 1. The van der Waals surface area contributed by atoms with E-state index in [2.05, 4.69) is 4.98 Å². The third kappa shape index (κ3) is 1.82. The molecule has 0 saturated heterocycles. The van der Waals surface area contributed by atoms with Gasteiger partial charge in [0, 0.05) is 18.1 Å². The number of nitrogens with two attached hydrogens (primary N) is 1. The zero-order valence-electron chi connectivity index (χ0n) is 7.03. The predicted molar refractivity (Wildman–Crippen MR) is 51.7 cm³/mol. The van der Waals surface area contributed by atoms with Crippen LogP contribution >= 0.6 is 0 Å². The number of hydrogen-bond acceptors (Lipinski definition) is 2. The van der Waals surface area contributed by atoms with E-state index in [-0.39, 0.29) is 0 Å². The molecule has 66 valence electrons. The molecule has 0 unspecified atom stereocenters. The van der Waals surface area contributed by atoms with E-state index in [1.165, 1.54) is 0 Å². The van der Waals surface area contributed by atoms with E-state index in [4.69, 9.17) is 10.5 Å². The van der Waals surface area contributed by atoms with Crippen molar-refractivity contribution in [1.29, 1.82) is 0 Å². The van der Waals surface area contributed by atoms with Gasteiger partial charge in [0.25, 0.3) is 0 Å². The molecule has 0 saturated carbocycles. The maximum absolute atomic E-state index is 5.54. The third-order valence-corrected chi connectivity index (χ3v) is 1.69. The summed E-state index contributed by atoms with van der Waals surface area (Å²) in [4.78, 5) is 2.91. The van der Waals surface area contributed by atoms with Gasteiger partial charge in [0.1, 0.15) is 11.5 Å². The molecule has 1 aromatic carbocycles. The minimum atomic E-state index is 0.737. The van der Waals surface area contributed by atoms with Crippen LogP contribution in [0.3, 0.4) is 0 Å². The third-order valence-electron chi connectivity index (χ3n) is 1.69. The highest BCUT2D eigenvalue weighted by Crippen LogP contribution is 2.20. The zero-order chi connectivity index (χ0) is 9.10. The molecule has 0 bridgehead atoms. The van der Waals surface area contributed by atoms with E-state index in [0.29, 0.717) is 0 Å². The van der Waals surface area contributed by atoms with E-state index in [1.54, 1.807) is 6.20 Å². The molecule has 0 aliphatic carbocycles. The molecule has 2 aromatic rings. The maximum Gasteiger partial charge on any atom is 0.144 e. The highest BCUT2D eigenvalue weighted by Gasteiger charge is 1.95. The van der Waals surface area contributed by atoms with Crippen LogP contribution in [0.4, 0.5) is 5.69 Å². The Morgan fingerprint density at radius 3 is 2.38 bits per heavy atom. The first kappa shape index (κ1) is 7.73. The van der Waals surface area contributed by atoms with Gasteiger partial charge in [-0.25, -0.2) is 0 Å². The zero-order valence-corrected chi connectivity index (χ0v) is 7.03. The van der Waals surface area contributed by atoms with Crippen molar-refractivity contribution >= 4 is 5.69 Å². The summed E-state index contributed by atoms with van der Waals surface area (Å²) in [5.41, 5.74) is 6.28. The number of ether oxygens (including phenoxy) is 1. The molecule has 0 aliphatic rings. The topological polar surface area (TPSA) is 51.0 Å². The van der Waals surface area contributed by atoms with Crippen LogP contribution in [-0.2, 0) is 0 Å². The second-order valence-corrected chi connectivity index (χ2v) is 2.72. The predicted octanol–water partition coefficient (Wildman–Crippen LogP) is 2.39. The largest absolute Gasteiger partial charge is 0.456 e. The second-order valence-electron chi connectivity index (χ2n) is 2.72. The lowest BCUT2D eigenvalue weighted by molar-refractivity contribution is 0.483. The van der Waals surface area contributed by atoms with Crippen LogP contribution in [0.25, 0.3) is 0 Å². The van der Waals surface area contributed by atoms with Crippen LogP contribution in [-0.4, -0.2) is 4.98 Å². The Bertz CT molecular complexity index is 364. The molecule has 0 amide bonds. The number of benzene rings is 1. The summed E-state index contributed by atoms with van der Waals surface area (Å²) in [6.45, 7) is 0. The average molecular weight is 174 g/mol. The Kier molecular flexibility index (Phi) is 1.92. The number of hydrogen-bond donors (Lipinski definition) is 2. The van der Waals surface area contributed by atoms with Gasteiger partial charge in [-0.3, -0.25) is 0 Å². The molecule has 1 heterocycles. The van der Waals surface area contributed by atoms with Gasteiger partial charge in [-0.05, 0) is 30.3 Å². The first-order chi connectivity index (χ1) is 6.34. The number of anilines is 1. The van der Waals surface area contributed by atoms with Gasteiger partial charge >= 0.3 is 0 Å². The van der Waals surface area contributed by atoms with Gasteiger partial charge < -0.3 is 15.5 Å². The smallest absolute Gasteiger partial charge is 0.144 e. The van der Waals surface area contributed by atoms with Crippen molar-refractivity contribution in [2.24, 2.45) is 0 Å². The van der Waals surface area contributed by atoms with Gasteiger partial charge in [-0.15, -0.1) is 0 Å². The summed E-state index contributed by atoms with van der Waals surface area (Å²) in [5, 5.41) is 0. The van der Waals surface area contributed by atoms with Crippen LogP contribution in [0.1, 0.15) is 0 Å². The van der Waals surface area contributed by atoms with Gasteiger partial charge in [-0.2, -0.15) is 0 Å². The lowest BCUT2D eigenvalue weighted by Crippen LogP contribution is -1.85. The highest BCUT2D eigenvalue weighted by molar-refractivity contribution is 5.42. The van der Waals surface area contributed by atoms with E-state index >= 15 is 0 Å². The summed E-state index contributed by atoms with van der Waals surface area (Å²) in [7, 11) is 0. The van der Waals surface area contributed by atoms with Crippen LogP contribution in [0, 0.1) is 0 Å². The minimum absolute atomic E-state index is 0.737. The fourth-order valence-corrected chi connectivity index (χ4v) is 1.04. The van der Waals surface area contributed by atoms with Crippen molar-refractivity contribution in [3.8, 4) is 11.5 Å². The van der Waals surface area contributed by atoms with Gasteiger partial charge in [0.05, 0.1) is 0 Å². The molecular formula is C10H10N2O. The van der Waals surface area contributed by atoms with Gasteiger partial charge in [-0.1, -0.05) is 0 Å². The fraction of sp³-hybridized carbons (Fsp3) is 0. The van der Waals surface area contributed by atoms with Crippen molar-refractivity contribution in [2.45, 2.75) is 0 Å². The molecule has 0 radical (unpaired) electrons. The van der Waals surface area contributed by atoms with Crippen molar-refractivity contribution in [3.05, 3.63) is 42.7 Å². The van der Waals surface area contributed by atoms with Crippen molar-refractivity contribution in [2.75, 3.05) is 5.73 Å². The number of aromatic amines is 1. The number of nitrogen functional groups attached to an aromatic ring is 1. The number of aromatic nitrogens is 1. The van der Waals surface area contributed by atoms with E-state index in [0.717, 1.165) is 17.2 Å². The van der Waals surface area contributed by atoms with Crippen LogP contribution in [0.5, 0.6) is 11.5 Å². The second kappa shape index (κ2) is 3.23. The maximum atomic E-state index is 5.54. The first-order valence-electron chi connectivity index (χ1n) is 4.01. The minimum Gasteiger partial charge on any atom is -0.456 e. The van der Waals surface area contributed by atoms with Gasteiger partial charge in [0.2, 0.25) is 0 Å². The lowest BCUT2D eigenvalue weighted by atomic mass is 10.3. The molecule has 0 atom stereocenters. The Morgan fingerprint density at radius 2 is 1.77 bits per heavy atom. The van der Waals surface area contributed by atoms with Crippen molar-refractivity contribution in [1.82, 2.24) is 4.98 Å². The normalized spacial score (nSPS) is 9.85. The Morgan fingerprint density at radius 1 is 1.00 bits per heavy atom. The van der Waals surface area contributed by atoms with Crippen LogP contribution < -0.4 is 10.5 Å². The summed E-state index contributed by atoms with van der Waals surface area (Å²) < 4.78 is 5.49. The van der Waals surface area contributed by atoms with E-state index < -0.39 is 0 Å². The highest BCUT2D eigenvalue weighted by atomic mass is 16.5. The summed E-state index contributed by atoms with van der Waals surface area (Å²) in [6.07, 6.45) is 3.60. The average Bonchev–Trinajstić information content (AvgIpc) is 2.62. The summed E-state index contributed by atoms with van der Waals surface area (Å²) >= 11 is 0. The molecule has 3 nitrogen and oxygen atoms in total. The first-order valence-corrected chi connectivity index (χ1v) is 4.01. The molecule has 3 N–H and O–H groups in total. The lowest BCUT2D eigenvalue weighted by Gasteiger charge is -2.02. The standard InChI is InChI=1S/C10H10N2O/c11-8-1-3-9(4-2-8)13-10-5-6-12-7-10/h1-7,12H,11H2. The molecule has 3 heteroatoms. The van der Waals surface area contributed by atoms with Gasteiger partial charge in [0.15, 0.2) is 0 Å². The SMILES string of the molecule is Nc1ccc(Oc2cc[nH]c2)cc1. The summed E-state index contributed by atoms with van der Waals surface area (Å²) in [5.74, 6) is 1.58. The van der Waals surface area contributed by atoms with Crippen molar-refractivity contribution < 1.29 is 4.74 Å². The molecule has 13 heavy (non-hydrogen) atoms. The molecule has 1 aromatic heterocycles.